The third-order valence-electron chi connectivity index (χ3n) is 5.56. The largest absolute Gasteiger partial charge is 0.352 e. The van der Waals surface area contributed by atoms with Crippen LogP contribution >= 0.6 is 0 Å². The van der Waals surface area contributed by atoms with Crippen molar-refractivity contribution in [3.63, 3.8) is 0 Å². The van der Waals surface area contributed by atoms with E-state index in [1.807, 2.05) is 0 Å². The molecule has 0 unspecified atom stereocenters. The van der Waals surface area contributed by atoms with Crippen molar-refractivity contribution in [2.75, 3.05) is 6.54 Å². The van der Waals surface area contributed by atoms with E-state index < -0.39 is 11.9 Å². The van der Waals surface area contributed by atoms with Crippen molar-refractivity contribution in [1.82, 2.24) is 10.2 Å². The van der Waals surface area contributed by atoms with Crippen LogP contribution in [0.4, 0.5) is 4.39 Å². The zero-order valence-electron chi connectivity index (χ0n) is 15.6. The number of rotatable bonds is 6. The number of carbonyl (C=O) groups excluding carboxylic acids is 3. The van der Waals surface area contributed by atoms with Gasteiger partial charge in [-0.25, -0.2) is 4.39 Å². The fraction of sp³-hybridized carbons (Fsp3) is 0.571. The van der Waals surface area contributed by atoms with Crippen LogP contribution in [0.1, 0.15) is 68.1 Å². The fourth-order valence-corrected chi connectivity index (χ4v) is 4.03. The topological polar surface area (TPSA) is 66.5 Å². The Morgan fingerprint density at radius 1 is 0.963 bits per heavy atom. The minimum atomic E-state index is -0.416. The van der Waals surface area contributed by atoms with Crippen LogP contribution in [0.3, 0.4) is 0 Å². The Labute approximate surface area is 159 Å². The van der Waals surface area contributed by atoms with Crippen molar-refractivity contribution in [1.29, 1.82) is 0 Å². The number of likely N-dealkylation sites (tertiary alicyclic amines) is 1. The number of ketones is 1. The summed E-state index contributed by atoms with van der Waals surface area (Å²) in [7, 11) is 0. The number of Topliss-reactive ketones (excluding diaryl/α,β-unsaturated/α-hetero) is 1. The number of benzene rings is 1. The first-order valence-electron chi connectivity index (χ1n) is 9.93. The molecule has 2 aliphatic rings. The SMILES string of the molecule is O=C(CCC(=O)N1CCC[C@@H]1C(=O)NC1CCCCC1)c1ccc(F)cc1. The third-order valence-corrected chi connectivity index (χ3v) is 5.56. The summed E-state index contributed by atoms with van der Waals surface area (Å²) in [4.78, 5) is 39.0. The van der Waals surface area contributed by atoms with E-state index in [1.165, 1.54) is 30.7 Å². The van der Waals surface area contributed by atoms with Gasteiger partial charge >= 0.3 is 0 Å². The lowest BCUT2D eigenvalue weighted by atomic mass is 9.95. The van der Waals surface area contributed by atoms with Gasteiger partial charge in [0.15, 0.2) is 5.78 Å². The zero-order valence-corrected chi connectivity index (χ0v) is 15.6. The number of nitrogens with zero attached hydrogens (tertiary/aromatic N) is 1. The van der Waals surface area contributed by atoms with E-state index in [9.17, 15) is 18.8 Å². The van der Waals surface area contributed by atoms with Gasteiger partial charge in [-0.15, -0.1) is 0 Å². The first-order chi connectivity index (χ1) is 13.0. The summed E-state index contributed by atoms with van der Waals surface area (Å²) < 4.78 is 12.9. The van der Waals surface area contributed by atoms with Crippen molar-refractivity contribution in [3.05, 3.63) is 35.6 Å². The molecule has 6 heteroatoms. The first-order valence-corrected chi connectivity index (χ1v) is 9.93. The highest BCUT2D eigenvalue weighted by Gasteiger charge is 2.34. The molecule has 1 aromatic rings. The molecule has 1 saturated heterocycles. The van der Waals surface area contributed by atoms with Crippen molar-refractivity contribution < 1.29 is 18.8 Å². The zero-order chi connectivity index (χ0) is 19.2. The molecule has 0 radical (unpaired) electrons. The minimum absolute atomic E-state index is 0.0578. The molecular weight excluding hydrogens is 347 g/mol. The molecule has 0 aromatic heterocycles. The molecule has 1 heterocycles. The maximum atomic E-state index is 12.9. The maximum absolute atomic E-state index is 12.9. The Kier molecular flexibility index (Phi) is 6.58. The Balaban J connectivity index is 1.51. The van der Waals surface area contributed by atoms with Crippen LogP contribution in [-0.4, -0.2) is 41.1 Å². The van der Waals surface area contributed by atoms with Crippen LogP contribution in [0, 0.1) is 5.82 Å². The summed E-state index contributed by atoms with van der Waals surface area (Å²) in [6, 6.07) is 5.14. The highest BCUT2D eigenvalue weighted by atomic mass is 19.1. The second kappa shape index (κ2) is 9.11. The second-order valence-corrected chi connectivity index (χ2v) is 7.52. The molecule has 1 aliphatic heterocycles. The minimum Gasteiger partial charge on any atom is -0.352 e. The maximum Gasteiger partial charge on any atom is 0.243 e. The Morgan fingerprint density at radius 3 is 2.37 bits per heavy atom. The van der Waals surface area contributed by atoms with Crippen molar-refractivity contribution in [3.8, 4) is 0 Å². The average Bonchev–Trinajstić information content (AvgIpc) is 3.17. The Bertz CT molecular complexity index is 683. The lowest BCUT2D eigenvalue weighted by Gasteiger charge is -2.28. The number of nitrogens with one attached hydrogen (secondary N) is 1. The van der Waals surface area contributed by atoms with E-state index in [0.717, 1.165) is 32.1 Å². The van der Waals surface area contributed by atoms with Gasteiger partial charge in [-0.1, -0.05) is 19.3 Å². The van der Waals surface area contributed by atoms with Crippen molar-refractivity contribution in [2.24, 2.45) is 0 Å². The number of carbonyl (C=O) groups is 3. The summed E-state index contributed by atoms with van der Waals surface area (Å²) in [5.41, 5.74) is 0.400. The van der Waals surface area contributed by atoms with Gasteiger partial charge in [0.1, 0.15) is 11.9 Å². The third kappa shape index (κ3) is 5.15. The molecule has 1 atom stereocenters. The van der Waals surface area contributed by atoms with Crippen LogP contribution < -0.4 is 5.32 Å². The van der Waals surface area contributed by atoms with Crippen LogP contribution in [-0.2, 0) is 9.59 Å². The predicted molar refractivity (Wildman–Crippen MR) is 99.7 cm³/mol. The number of hydrogen-bond donors (Lipinski definition) is 1. The molecule has 1 N–H and O–H groups in total. The van der Waals surface area contributed by atoms with Crippen LogP contribution in [0.5, 0.6) is 0 Å². The Hall–Kier alpha value is -2.24. The quantitative estimate of drug-likeness (QED) is 0.778. The summed E-state index contributed by atoms with van der Waals surface area (Å²) in [5, 5.41) is 3.11. The first kappa shape index (κ1) is 19.5. The molecule has 1 aliphatic carbocycles. The van der Waals surface area contributed by atoms with E-state index in [1.54, 1.807) is 4.90 Å². The van der Waals surface area contributed by atoms with Gasteiger partial charge in [0.05, 0.1) is 0 Å². The van der Waals surface area contributed by atoms with Gasteiger partial charge in [0, 0.05) is 31.0 Å². The standard InChI is InChI=1S/C21H27FN2O3/c22-16-10-8-15(9-11-16)19(25)12-13-20(26)24-14-4-7-18(24)21(27)23-17-5-2-1-3-6-17/h8-11,17-18H,1-7,12-14H2,(H,23,27)/t18-/m1/s1. The molecule has 0 spiro atoms. The van der Waals surface area contributed by atoms with Gasteiger partial charge in [-0.2, -0.15) is 0 Å². The van der Waals surface area contributed by atoms with E-state index in [2.05, 4.69) is 5.32 Å². The highest BCUT2D eigenvalue weighted by Crippen LogP contribution is 2.22. The molecule has 1 saturated carbocycles. The van der Waals surface area contributed by atoms with Crippen LogP contribution in [0.25, 0.3) is 0 Å². The lowest BCUT2D eigenvalue weighted by molar-refractivity contribution is -0.138. The molecular formula is C21H27FN2O3. The molecule has 2 fully saturated rings. The van der Waals surface area contributed by atoms with Crippen LogP contribution in [0.2, 0.25) is 0 Å². The summed E-state index contributed by atoms with van der Waals surface area (Å²) >= 11 is 0. The average molecular weight is 374 g/mol. The smallest absolute Gasteiger partial charge is 0.243 e. The molecule has 3 rings (SSSR count). The molecule has 5 nitrogen and oxygen atoms in total. The monoisotopic (exact) mass is 374 g/mol. The molecule has 1 aromatic carbocycles. The fourth-order valence-electron chi connectivity index (χ4n) is 4.03. The van der Waals surface area contributed by atoms with Gasteiger partial charge in [0.25, 0.3) is 0 Å². The Morgan fingerprint density at radius 2 is 1.67 bits per heavy atom. The highest BCUT2D eigenvalue weighted by molar-refractivity contribution is 5.98. The van der Waals surface area contributed by atoms with E-state index in [0.29, 0.717) is 18.5 Å². The normalized spacial score (nSPS) is 20.5. The van der Waals surface area contributed by atoms with Crippen molar-refractivity contribution >= 4 is 17.6 Å². The molecule has 2 amide bonds. The number of halogens is 1. The van der Waals surface area contributed by atoms with Gasteiger partial charge in [0.2, 0.25) is 11.8 Å². The molecule has 0 bridgehead atoms. The van der Waals surface area contributed by atoms with Gasteiger partial charge in [-0.3, -0.25) is 14.4 Å². The summed E-state index contributed by atoms with van der Waals surface area (Å²) in [6.45, 7) is 0.562. The van der Waals surface area contributed by atoms with Crippen LogP contribution in [0.15, 0.2) is 24.3 Å². The molecule has 146 valence electrons. The van der Waals surface area contributed by atoms with Crippen molar-refractivity contribution in [2.45, 2.75) is 69.9 Å². The van der Waals surface area contributed by atoms with Gasteiger partial charge in [-0.05, 0) is 49.9 Å². The number of amides is 2. The molecule has 27 heavy (non-hydrogen) atoms. The summed E-state index contributed by atoms with van der Waals surface area (Å²) in [6.07, 6.45) is 7.16. The lowest BCUT2D eigenvalue weighted by Crippen LogP contribution is -2.49. The second-order valence-electron chi connectivity index (χ2n) is 7.52. The van der Waals surface area contributed by atoms with E-state index >= 15 is 0 Å². The van der Waals surface area contributed by atoms with E-state index in [-0.39, 0.29) is 36.5 Å². The van der Waals surface area contributed by atoms with E-state index in [4.69, 9.17) is 0 Å². The summed E-state index contributed by atoms with van der Waals surface area (Å²) in [5.74, 6) is -0.804. The van der Waals surface area contributed by atoms with Gasteiger partial charge < -0.3 is 10.2 Å². The predicted octanol–water partition coefficient (Wildman–Crippen LogP) is 3.23. The number of hydrogen-bond acceptors (Lipinski definition) is 3.